The van der Waals surface area contributed by atoms with Gasteiger partial charge in [0.05, 0.1) is 0 Å². The number of aryl methyl sites for hydroxylation is 1. The van der Waals surface area contributed by atoms with E-state index in [0.717, 1.165) is 12.2 Å². The van der Waals surface area contributed by atoms with Crippen molar-refractivity contribution in [2.24, 2.45) is 0 Å². The van der Waals surface area contributed by atoms with E-state index in [1.54, 1.807) is 3.88 Å². The predicted octanol–water partition coefficient (Wildman–Crippen LogP) is 6.27. The molecule has 0 bridgehead atoms. The fraction of sp³-hybridized carbons (Fsp3) is 0.474. The van der Waals surface area contributed by atoms with Crippen LogP contribution in [0.3, 0.4) is 0 Å². The van der Waals surface area contributed by atoms with Gasteiger partial charge in [0, 0.05) is 0 Å². The Morgan fingerprint density at radius 1 is 1.04 bits per heavy atom. The molecule has 2 rings (SSSR count). The number of hydrogen-bond acceptors (Lipinski definition) is 1. The van der Waals surface area contributed by atoms with Crippen LogP contribution in [0.5, 0.6) is 5.75 Å². The minimum atomic E-state index is -1.60. The maximum atomic E-state index is 6.68. The van der Waals surface area contributed by atoms with Crippen molar-refractivity contribution < 1.29 is 20.8 Å². The smallest absolute Gasteiger partial charge is 0.147 e. The molecule has 0 atom stereocenters. The van der Waals surface area contributed by atoms with Gasteiger partial charge >= 0.3 is 144 Å². The van der Waals surface area contributed by atoms with E-state index < -0.39 is 24.2 Å². The average Bonchev–Trinajstić information content (AvgIpc) is 2.80. The van der Waals surface area contributed by atoms with Crippen LogP contribution in [-0.2, 0) is 22.9 Å². The number of halogens is 2. The zero-order chi connectivity index (χ0) is 16.5. The third-order valence-electron chi connectivity index (χ3n) is 4.13. The molecule has 0 saturated carbocycles. The van der Waals surface area contributed by atoms with Crippen molar-refractivity contribution in [3.8, 4) is 5.75 Å². The minimum absolute atomic E-state index is 0. The molecule has 0 amide bonds. The Bertz CT molecular complexity index is 618. The summed E-state index contributed by atoms with van der Waals surface area (Å²) in [5.74, 6) is 1.10. The summed E-state index contributed by atoms with van der Waals surface area (Å²) in [5.41, 5.74) is 4.32. The van der Waals surface area contributed by atoms with Gasteiger partial charge in [-0.3, -0.25) is 0 Å². The largest absolute Gasteiger partial charge is 0.147 e. The van der Waals surface area contributed by atoms with Crippen LogP contribution in [0.15, 0.2) is 39.8 Å². The number of allylic oxidation sites excluding steroid dienone is 4. The van der Waals surface area contributed by atoms with E-state index in [2.05, 4.69) is 78.1 Å². The maximum Gasteiger partial charge on any atom is -0.147 e. The Labute approximate surface area is 167 Å². The van der Waals surface area contributed by atoms with Crippen LogP contribution < -0.4 is 3.32 Å². The van der Waals surface area contributed by atoms with Crippen LogP contribution in [0.25, 0.3) is 0 Å². The minimum Gasteiger partial charge on any atom is -0.147 e. The van der Waals surface area contributed by atoms with Crippen molar-refractivity contribution in [1.82, 2.24) is 0 Å². The molecule has 0 aliphatic heterocycles. The first-order chi connectivity index (χ1) is 10.2. The molecule has 0 spiro atoms. The van der Waals surface area contributed by atoms with Gasteiger partial charge in [0.1, 0.15) is 0 Å². The second-order valence-corrected chi connectivity index (χ2v) is 20.0. The van der Waals surface area contributed by atoms with E-state index in [-0.39, 0.29) is 30.2 Å². The monoisotopic (exact) mass is 421 g/mol. The molecule has 0 fully saturated rings. The molecular formula is C19H31Cl2OSiTi. The summed E-state index contributed by atoms with van der Waals surface area (Å²) in [5, 5.41) is 0. The molecule has 0 N–H and O–H groups in total. The standard InChI is InChI=1S/C11H16O.C6H7.C2H7Si.2ClH.Ti/c1-8-5-9(11(2,3)4)7-10(12)6-8;1-6-4-2-3-5-6;1-3-2;;;/h5-7,12H,1-4H3;2,4H,3H2,1H3;3H,1-2H3;2*1H;/q;;;;;+1/p-1. The fourth-order valence-corrected chi connectivity index (χ4v) is 12.1. The Morgan fingerprint density at radius 2 is 1.67 bits per heavy atom. The first kappa shape index (κ1) is 24.0. The van der Waals surface area contributed by atoms with Crippen LogP contribution in [0.1, 0.15) is 45.2 Å². The van der Waals surface area contributed by atoms with E-state index >= 15 is 0 Å². The van der Waals surface area contributed by atoms with Crippen molar-refractivity contribution in [3.63, 3.8) is 0 Å². The van der Waals surface area contributed by atoms with Crippen molar-refractivity contribution in [2.75, 3.05) is 0 Å². The topological polar surface area (TPSA) is 9.23 Å². The third-order valence-corrected chi connectivity index (χ3v) is 14.6. The Balaban J connectivity index is 0.00000264. The van der Waals surface area contributed by atoms with E-state index in [9.17, 15) is 0 Å². The molecular weight excluding hydrogens is 391 g/mol. The van der Waals surface area contributed by atoms with Gasteiger partial charge in [-0.25, -0.2) is 0 Å². The molecule has 24 heavy (non-hydrogen) atoms. The van der Waals surface area contributed by atoms with Crippen LogP contribution in [0.4, 0.5) is 0 Å². The predicted molar refractivity (Wildman–Crippen MR) is 110 cm³/mol. The molecule has 5 heteroatoms. The second kappa shape index (κ2) is 9.64. The van der Waals surface area contributed by atoms with Gasteiger partial charge in [-0.05, 0) is 0 Å². The summed E-state index contributed by atoms with van der Waals surface area (Å²) in [6.45, 7) is 15.4. The summed E-state index contributed by atoms with van der Waals surface area (Å²) >= 11 is -1.60. The first-order valence-electron chi connectivity index (χ1n) is 8.22. The molecule has 0 saturated heterocycles. The van der Waals surface area contributed by atoms with Gasteiger partial charge in [0.2, 0.25) is 0 Å². The summed E-state index contributed by atoms with van der Waals surface area (Å²) in [4.78, 5) is 0. The van der Waals surface area contributed by atoms with Crippen LogP contribution in [0, 0.1) is 6.92 Å². The van der Waals surface area contributed by atoms with Gasteiger partial charge in [-0.15, -0.1) is 24.8 Å². The van der Waals surface area contributed by atoms with Crippen molar-refractivity contribution in [3.05, 3.63) is 50.9 Å². The summed E-state index contributed by atoms with van der Waals surface area (Å²) < 4.78 is 8.33. The summed E-state index contributed by atoms with van der Waals surface area (Å²) in [6, 6.07) is 6.79. The fourth-order valence-electron chi connectivity index (χ4n) is 2.80. The summed E-state index contributed by atoms with van der Waals surface area (Å²) in [7, 11) is 0. The van der Waals surface area contributed by atoms with Crippen molar-refractivity contribution >= 4 is 31.5 Å². The zero-order valence-electron chi connectivity index (χ0n) is 15.9. The van der Waals surface area contributed by atoms with Crippen LogP contribution in [-0.4, -0.2) is 6.66 Å². The molecule has 0 unspecified atom stereocenters. The van der Waals surface area contributed by atoms with Crippen LogP contribution >= 0.6 is 24.8 Å². The Morgan fingerprint density at radius 3 is 2.12 bits per heavy atom. The maximum absolute atomic E-state index is 6.68. The molecule has 1 aromatic carbocycles. The Kier molecular flexibility index (Phi) is 9.64. The molecule has 135 valence electrons. The van der Waals surface area contributed by atoms with E-state index in [1.165, 1.54) is 16.7 Å². The zero-order valence-corrected chi connectivity index (χ0v) is 20.2. The van der Waals surface area contributed by atoms with Gasteiger partial charge < -0.3 is 0 Å². The number of hydrogen-bond donors (Lipinski definition) is 0. The quantitative estimate of drug-likeness (QED) is 0.520. The van der Waals surface area contributed by atoms with E-state index in [4.69, 9.17) is 3.32 Å². The number of rotatable bonds is 4. The molecule has 1 aromatic rings. The molecule has 1 nitrogen and oxygen atoms in total. The summed E-state index contributed by atoms with van der Waals surface area (Å²) in [6.07, 6.45) is 5.71. The van der Waals surface area contributed by atoms with Gasteiger partial charge in [-0.2, -0.15) is 0 Å². The Hall–Kier alpha value is 0.0112. The van der Waals surface area contributed by atoms with E-state index in [0.29, 0.717) is 0 Å². The second-order valence-electron chi connectivity index (χ2n) is 7.67. The van der Waals surface area contributed by atoms with Crippen molar-refractivity contribution in [1.29, 1.82) is 0 Å². The van der Waals surface area contributed by atoms with Gasteiger partial charge in [0.25, 0.3) is 0 Å². The van der Waals surface area contributed by atoms with Crippen molar-refractivity contribution in [2.45, 2.75) is 59.5 Å². The third kappa shape index (κ3) is 6.07. The van der Waals surface area contributed by atoms with Gasteiger partial charge in [-0.1, -0.05) is 0 Å². The van der Waals surface area contributed by atoms with Crippen LogP contribution in [0.2, 0.25) is 13.1 Å². The molecule has 1 aliphatic rings. The molecule has 0 aromatic heterocycles. The van der Waals surface area contributed by atoms with Gasteiger partial charge in [0.15, 0.2) is 0 Å². The normalized spacial score (nSPS) is 13.7. The molecule has 1 aliphatic carbocycles. The SMILES string of the molecule is CC1=[C]([Ti]([O]c2cc(C)cc(C(C)(C)C)c2)[SiH](C)C)CC=C1.Cl.Cl. The first-order valence-corrected chi connectivity index (χ1v) is 15.2. The number of benzene rings is 1. The molecule has 0 radical (unpaired) electrons. The molecule has 0 heterocycles. The van der Waals surface area contributed by atoms with E-state index in [1.807, 2.05) is 0 Å². The average molecular weight is 422 g/mol.